The maximum Gasteiger partial charge on any atom is 0.412 e. The molecule has 0 aromatic heterocycles. The summed E-state index contributed by atoms with van der Waals surface area (Å²) in [5.41, 5.74) is 0.624. The monoisotopic (exact) mass is 321 g/mol. The van der Waals surface area contributed by atoms with Crippen LogP contribution in [0.3, 0.4) is 0 Å². The quantitative estimate of drug-likeness (QED) is 0.853. The van der Waals surface area contributed by atoms with E-state index in [0.717, 1.165) is 0 Å². The largest absolute Gasteiger partial charge is 0.496 e. The van der Waals surface area contributed by atoms with Gasteiger partial charge in [0.15, 0.2) is 0 Å². The van der Waals surface area contributed by atoms with Crippen LogP contribution in [0.4, 0.5) is 10.5 Å². The number of hydrogen-bond donors (Lipinski definition) is 1. The second-order valence-corrected chi connectivity index (χ2v) is 6.93. The van der Waals surface area contributed by atoms with E-state index < -0.39 is 11.7 Å². The Morgan fingerprint density at radius 1 is 1.22 bits per heavy atom. The number of rotatable bonds is 6. The molecule has 0 unspecified atom stereocenters. The number of nitrogens with one attached hydrogen (secondary N) is 1. The second-order valence-electron chi connectivity index (χ2n) is 6.93. The molecule has 0 aliphatic rings. The van der Waals surface area contributed by atoms with Gasteiger partial charge in [-0.05, 0) is 38.8 Å². The first kappa shape index (κ1) is 19.0. The fraction of sp³-hybridized carbons (Fsp3) is 0.556. The van der Waals surface area contributed by atoms with Gasteiger partial charge >= 0.3 is 6.09 Å². The average molecular weight is 321 g/mol. The van der Waals surface area contributed by atoms with Crippen LogP contribution < -0.4 is 10.1 Å². The van der Waals surface area contributed by atoms with Crippen LogP contribution in [-0.2, 0) is 16.0 Å². The van der Waals surface area contributed by atoms with Crippen molar-refractivity contribution in [2.45, 2.75) is 53.1 Å². The standard InChI is InChI=1S/C18H27NO4/c1-12(2)10-13(20)11-14-15(8-7-9-16(14)22-6)19-17(21)23-18(3,4)5/h7-9,12H,10-11H2,1-6H3,(H,19,21). The Labute approximate surface area is 138 Å². The van der Waals surface area contributed by atoms with Gasteiger partial charge in [-0.25, -0.2) is 4.79 Å². The molecule has 1 aromatic rings. The zero-order valence-electron chi connectivity index (χ0n) is 14.9. The van der Waals surface area contributed by atoms with Crippen molar-refractivity contribution in [2.24, 2.45) is 5.92 Å². The molecule has 1 N–H and O–H groups in total. The summed E-state index contributed by atoms with van der Waals surface area (Å²) in [6.07, 6.45) is 0.153. The van der Waals surface area contributed by atoms with Crippen LogP contribution in [0.2, 0.25) is 0 Å². The lowest BCUT2D eigenvalue weighted by molar-refractivity contribution is -0.119. The third-order valence-electron chi connectivity index (χ3n) is 3.00. The van der Waals surface area contributed by atoms with Gasteiger partial charge in [-0.2, -0.15) is 0 Å². The van der Waals surface area contributed by atoms with Gasteiger partial charge < -0.3 is 9.47 Å². The van der Waals surface area contributed by atoms with Crippen molar-refractivity contribution in [1.29, 1.82) is 0 Å². The molecule has 0 saturated carbocycles. The third kappa shape index (κ3) is 6.72. The molecule has 1 amide bonds. The first-order chi connectivity index (χ1) is 10.6. The fourth-order valence-electron chi connectivity index (χ4n) is 2.19. The summed E-state index contributed by atoms with van der Waals surface area (Å²) in [4.78, 5) is 24.1. The first-order valence-electron chi connectivity index (χ1n) is 7.80. The highest BCUT2D eigenvalue weighted by molar-refractivity contribution is 5.89. The zero-order chi connectivity index (χ0) is 17.6. The molecular weight excluding hydrogens is 294 g/mol. The van der Waals surface area contributed by atoms with Crippen molar-refractivity contribution >= 4 is 17.6 Å². The number of Topliss-reactive ketones (excluding diaryl/α,β-unsaturated/α-hetero) is 1. The molecule has 0 spiro atoms. The molecule has 0 saturated heterocycles. The van der Waals surface area contributed by atoms with Gasteiger partial charge in [-0.3, -0.25) is 10.1 Å². The maximum absolute atomic E-state index is 12.2. The summed E-state index contributed by atoms with van der Waals surface area (Å²) in [6.45, 7) is 9.39. The van der Waals surface area contributed by atoms with E-state index in [1.54, 1.807) is 46.1 Å². The molecule has 0 radical (unpaired) electrons. The van der Waals surface area contributed by atoms with Crippen molar-refractivity contribution in [3.63, 3.8) is 0 Å². The Hall–Kier alpha value is -2.04. The first-order valence-corrected chi connectivity index (χ1v) is 7.80. The lowest BCUT2D eigenvalue weighted by Gasteiger charge is -2.21. The molecule has 0 heterocycles. The van der Waals surface area contributed by atoms with E-state index in [4.69, 9.17) is 9.47 Å². The molecule has 23 heavy (non-hydrogen) atoms. The summed E-state index contributed by atoms with van der Waals surface area (Å²) in [5.74, 6) is 0.979. The second kappa shape index (κ2) is 7.99. The predicted octanol–water partition coefficient (Wildman–Crippen LogP) is 4.20. The number of amides is 1. The van der Waals surface area contributed by atoms with Gasteiger partial charge in [0, 0.05) is 18.4 Å². The van der Waals surface area contributed by atoms with E-state index in [1.807, 2.05) is 13.8 Å². The minimum Gasteiger partial charge on any atom is -0.496 e. The number of hydrogen-bond acceptors (Lipinski definition) is 4. The van der Waals surface area contributed by atoms with Crippen molar-refractivity contribution in [3.05, 3.63) is 23.8 Å². The van der Waals surface area contributed by atoms with Crippen LogP contribution in [0.1, 0.15) is 46.6 Å². The van der Waals surface area contributed by atoms with E-state index in [2.05, 4.69) is 5.32 Å². The Bertz CT molecular complexity index is 559. The average Bonchev–Trinajstić information content (AvgIpc) is 2.37. The Morgan fingerprint density at radius 3 is 2.39 bits per heavy atom. The summed E-state index contributed by atoms with van der Waals surface area (Å²) >= 11 is 0. The molecule has 1 rings (SSSR count). The molecule has 5 nitrogen and oxygen atoms in total. The summed E-state index contributed by atoms with van der Waals surface area (Å²) in [7, 11) is 1.54. The molecule has 5 heteroatoms. The van der Waals surface area contributed by atoms with Gasteiger partial charge in [-0.1, -0.05) is 19.9 Å². The van der Waals surface area contributed by atoms with Crippen molar-refractivity contribution in [1.82, 2.24) is 0 Å². The van der Waals surface area contributed by atoms with Crippen LogP contribution in [-0.4, -0.2) is 24.6 Å². The van der Waals surface area contributed by atoms with Gasteiger partial charge in [-0.15, -0.1) is 0 Å². The molecule has 0 atom stereocenters. The lowest BCUT2D eigenvalue weighted by atomic mass is 9.99. The molecule has 0 aliphatic carbocycles. The van der Waals surface area contributed by atoms with Crippen LogP contribution in [0, 0.1) is 5.92 Å². The number of ketones is 1. The number of methoxy groups -OCH3 is 1. The Kier molecular flexibility index (Phi) is 6.61. The van der Waals surface area contributed by atoms with Gasteiger partial charge in [0.1, 0.15) is 17.1 Å². The van der Waals surface area contributed by atoms with Gasteiger partial charge in [0.25, 0.3) is 0 Å². The van der Waals surface area contributed by atoms with E-state index in [1.165, 1.54) is 0 Å². The number of ether oxygens (including phenoxy) is 2. The molecule has 0 fully saturated rings. The highest BCUT2D eigenvalue weighted by atomic mass is 16.6. The Morgan fingerprint density at radius 2 is 1.87 bits per heavy atom. The van der Waals surface area contributed by atoms with Crippen molar-refractivity contribution < 1.29 is 19.1 Å². The minimum absolute atomic E-state index is 0.108. The summed E-state index contributed by atoms with van der Waals surface area (Å²) in [5, 5.41) is 2.71. The fourth-order valence-corrected chi connectivity index (χ4v) is 2.19. The molecular formula is C18H27NO4. The highest BCUT2D eigenvalue weighted by Crippen LogP contribution is 2.28. The van der Waals surface area contributed by atoms with Crippen LogP contribution in [0.5, 0.6) is 5.75 Å². The predicted molar refractivity (Wildman–Crippen MR) is 91.0 cm³/mol. The molecule has 128 valence electrons. The van der Waals surface area contributed by atoms with Crippen LogP contribution >= 0.6 is 0 Å². The van der Waals surface area contributed by atoms with E-state index in [0.29, 0.717) is 29.3 Å². The number of carbonyl (C=O) groups is 2. The SMILES string of the molecule is COc1cccc(NC(=O)OC(C)(C)C)c1CC(=O)CC(C)C. The summed E-state index contributed by atoms with van der Waals surface area (Å²) < 4.78 is 10.6. The number of anilines is 1. The summed E-state index contributed by atoms with van der Waals surface area (Å²) in [6, 6.07) is 5.28. The smallest absolute Gasteiger partial charge is 0.412 e. The number of carbonyl (C=O) groups excluding carboxylic acids is 2. The van der Waals surface area contributed by atoms with Crippen LogP contribution in [0.25, 0.3) is 0 Å². The van der Waals surface area contributed by atoms with Crippen molar-refractivity contribution in [3.8, 4) is 5.75 Å². The lowest BCUT2D eigenvalue weighted by Crippen LogP contribution is -2.27. The third-order valence-corrected chi connectivity index (χ3v) is 3.00. The van der Waals surface area contributed by atoms with Gasteiger partial charge in [0.05, 0.1) is 12.8 Å². The molecule has 1 aromatic carbocycles. The van der Waals surface area contributed by atoms with E-state index in [-0.39, 0.29) is 12.2 Å². The molecule has 0 bridgehead atoms. The van der Waals surface area contributed by atoms with Crippen molar-refractivity contribution in [2.75, 3.05) is 12.4 Å². The number of benzene rings is 1. The maximum atomic E-state index is 12.2. The Balaban J connectivity index is 2.98. The normalized spacial score (nSPS) is 11.3. The highest BCUT2D eigenvalue weighted by Gasteiger charge is 2.19. The topological polar surface area (TPSA) is 64.6 Å². The zero-order valence-corrected chi connectivity index (χ0v) is 14.9. The van der Waals surface area contributed by atoms with Gasteiger partial charge in [0.2, 0.25) is 0 Å². The van der Waals surface area contributed by atoms with Crippen LogP contribution in [0.15, 0.2) is 18.2 Å². The molecule has 0 aliphatic heterocycles. The van der Waals surface area contributed by atoms with E-state index in [9.17, 15) is 9.59 Å². The minimum atomic E-state index is -0.587. The van der Waals surface area contributed by atoms with E-state index >= 15 is 0 Å².